The summed E-state index contributed by atoms with van der Waals surface area (Å²) in [4.78, 5) is 14.8. The van der Waals surface area contributed by atoms with Crippen LogP contribution in [-0.4, -0.2) is 25.5 Å². The molecule has 108 valence electrons. The van der Waals surface area contributed by atoms with Crippen LogP contribution in [0.4, 0.5) is 5.69 Å². The lowest BCUT2D eigenvalue weighted by Gasteiger charge is -2.26. The Morgan fingerprint density at radius 1 is 1.25 bits per heavy atom. The van der Waals surface area contributed by atoms with Crippen molar-refractivity contribution in [2.24, 2.45) is 5.92 Å². The number of carbonyl (C=O) groups excluding carboxylic acids is 1. The van der Waals surface area contributed by atoms with Gasteiger partial charge in [0.2, 0.25) is 0 Å². The van der Waals surface area contributed by atoms with E-state index < -0.39 is 0 Å². The van der Waals surface area contributed by atoms with Crippen LogP contribution in [0.5, 0.6) is 0 Å². The van der Waals surface area contributed by atoms with Crippen molar-refractivity contribution < 1.29 is 4.79 Å². The Hall–Kier alpha value is -1.51. The average molecular weight is 272 g/mol. The van der Waals surface area contributed by atoms with Crippen molar-refractivity contribution in [3.8, 4) is 0 Å². The van der Waals surface area contributed by atoms with E-state index in [0.717, 1.165) is 36.4 Å². The first kappa shape index (κ1) is 13.5. The number of anilines is 1. The molecule has 1 N–H and O–H groups in total. The maximum Gasteiger partial charge on any atom is 0.253 e. The Balaban J connectivity index is 1.74. The molecule has 3 rings (SSSR count). The number of hydrogen-bond acceptors (Lipinski definition) is 2. The zero-order valence-electron chi connectivity index (χ0n) is 12.3. The maximum absolute atomic E-state index is 12.5. The summed E-state index contributed by atoms with van der Waals surface area (Å²) in [5.41, 5.74) is 3.12. The van der Waals surface area contributed by atoms with Crippen LogP contribution in [0.25, 0.3) is 0 Å². The minimum absolute atomic E-state index is 0.0995. The topological polar surface area (TPSA) is 32.3 Å². The van der Waals surface area contributed by atoms with E-state index >= 15 is 0 Å². The summed E-state index contributed by atoms with van der Waals surface area (Å²) in [7, 11) is 0. The molecular weight excluding hydrogens is 248 g/mol. The van der Waals surface area contributed by atoms with Crippen LogP contribution >= 0.6 is 0 Å². The van der Waals surface area contributed by atoms with Gasteiger partial charge in [0.05, 0.1) is 5.56 Å². The van der Waals surface area contributed by atoms with Crippen LogP contribution in [0.1, 0.15) is 48.0 Å². The number of amides is 1. The Morgan fingerprint density at radius 2 is 2.00 bits per heavy atom. The van der Waals surface area contributed by atoms with E-state index in [1.807, 2.05) is 6.07 Å². The second-order valence-electron chi connectivity index (χ2n) is 6.22. The summed E-state index contributed by atoms with van der Waals surface area (Å²) in [5.74, 6) is 0.807. The highest BCUT2D eigenvalue weighted by atomic mass is 16.1. The summed E-state index contributed by atoms with van der Waals surface area (Å²) in [6.07, 6.45) is 6.33. The molecule has 0 atom stereocenters. The molecule has 3 nitrogen and oxygen atoms in total. The summed E-state index contributed by atoms with van der Waals surface area (Å²) in [6, 6.07) is 6.25. The van der Waals surface area contributed by atoms with Gasteiger partial charge in [0, 0.05) is 25.3 Å². The van der Waals surface area contributed by atoms with E-state index in [9.17, 15) is 4.79 Å². The van der Waals surface area contributed by atoms with Crippen molar-refractivity contribution in [3.63, 3.8) is 0 Å². The molecule has 3 heteroatoms. The molecule has 1 amide bonds. The highest BCUT2D eigenvalue weighted by Gasteiger charge is 2.22. The lowest BCUT2D eigenvalue weighted by molar-refractivity contribution is 0.0939. The van der Waals surface area contributed by atoms with Gasteiger partial charge in [-0.2, -0.15) is 0 Å². The molecule has 0 aromatic heterocycles. The quantitative estimate of drug-likeness (QED) is 0.913. The average Bonchev–Trinajstić information content (AvgIpc) is 2.90. The maximum atomic E-state index is 12.5. The van der Waals surface area contributed by atoms with Crippen LogP contribution < -0.4 is 10.2 Å². The largest absolute Gasteiger partial charge is 0.371 e. The van der Waals surface area contributed by atoms with Crippen molar-refractivity contribution in [2.75, 3.05) is 24.5 Å². The molecule has 1 aliphatic carbocycles. The molecule has 1 saturated heterocycles. The second-order valence-corrected chi connectivity index (χ2v) is 6.22. The minimum atomic E-state index is 0.0995. The van der Waals surface area contributed by atoms with Crippen molar-refractivity contribution in [3.05, 3.63) is 29.3 Å². The van der Waals surface area contributed by atoms with Gasteiger partial charge in [-0.1, -0.05) is 18.1 Å². The summed E-state index contributed by atoms with van der Waals surface area (Å²) in [6.45, 7) is 5.04. The van der Waals surface area contributed by atoms with Gasteiger partial charge in [0.15, 0.2) is 0 Å². The zero-order chi connectivity index (χ0) is 13.9. The molecule has 0 spiro atoms. The van der Waals surface area contributed by atoms with Crippen LogP contribution in [0.3, 0.4) is 0 Å². The molecule has 1 aromatic rings. The van der Waals surface area contributed by atoms with Gasteiger partial charge in [-0.05, 0) is 50.7 Å². The van der Waals surface area contributed by atoms with Gasteiger partial charge >= 0.3 is 0 Å². The smallest absolute Gasteiger partial charge is 0.253 e. The Bertz CT molecular complexity index is 488. The number of carbonyl (C=O) groups is 1. The first-order valence-electron chi connectivity index (χ1n) is 7.88. The summed E-state index contributed by atoms with van der Waals surface area (Å²) in [5, 5.41) is 3.13. The number of aryl methyl sites for hydroxylation is 1. The molecule has 0 unspecified atom stereocenters. The molecule has 2 fully saturated rings. The molecule has 0 bridgehead atoms. The fourth-order valence-corrected chi connectivity index (χ4v) is 3.09. The first-order chi connectivity index (χ1) is 9.74. The predicted octanol–water partition coefficient (Wildman–Crippen LogP) is 3.13. The fraction of sp³-hybridized carbons (Fsp3) is 0.588. The van der Waals surface area contributed by atoms with Gasteiger partial charge in [0.25, 0.3) is 5.91 Å². The van der Waals surface area contributed by atoms with E-state index in [4.69, 9.17) is 0 Å². The van der Waals surface area contributed by atoms with Gasteiger partial charge in [-0.15, -0.1) is 0 Å². The molecule has 0 radical (unpaired) electrons. The number of rotatable bonds is 4. The number of nitrogens with zero attached hydrogens (tertiary/aromatic N) is 1. The normalized spacial score (nSPS) is 18.9. The standard InChI is InChI=1S/C17H24N2O/c1-13-7-8-16(19-9-2-3-10-19)15(11-13)17(20)18-12-14-5-4-6-14/h7-8,11,14H,2-6,9-10,12H2,1H3,(H,18,20). The lowest BCUT2D eigenvalue weighted by Crippen LogP contribution is -2.33. The first-order valence-corrected chi connectivity index (χ1v) is 7.88. The van der Waals surface area contributed by atoms with E-state index in [1.165, 1.54) is 32.1 Å². The Kier molecular flexibility index (Phi) is 3.95. The third-order valence-corrected chi connectivity index (χ3v) is 4.62. The van der Waals surface area contributed by atoms with Crippen LogP contribution in [0, 0.1) is 12.8 Å². The molecule has 1 aromatic carbocycles. The van der Waals surface area contributed by atoms with E-state index in [1.54, 1.807) is 0 Å². The monoisotopic (exact) mass is 272 g/mol. The van der Waals surface area contributed by atoms with Gasteiger partial charge in [-0.3, -0.25) is 4.79 Å². The number of nitrogens with one attached hydrogen (secondary N) is 1. The third-order valence-electron chi connectivity index (χ3n) is 4.62. The highest BCUT2D eigenvalue weighted by molar-refractivity contribution is 6.00. The molecule has 20 heavy (non-hydrogen) atoms. The van der Waals surface area contributed by atoms with Gasteiger partial charge < -0.3 is 10.2 Å². The van der Waals surface area contributed by atoms with E-state index in [0.29, 0.717) is 5.92 Å². The van der Waals surface area contributed by atoms with E-state index in [-0.39, 0.29) is 5.91 Å². The Labute approximate surface area is 121 Å². The molecule has 1 saturated carbocycles. The predicted molar refractivity (Wildman–Crippen MR) is 82.3 cm³/mol. The van der Waals surface area contributed by atoms with E-state index in [2.05, 4.69) is 29.3 Å². The SMILES string of the molecule is Cc1ccc(N2CCCC2)c(C(=O)NCC2CCC2)c1. The third kappa shape index (κ3) is 2.82. The van der Waals surface area contributed by atoms with Crippen LogP contribution in [0.2, 0.25) is 0 Å². The summed E-state index contributed by atoms with van der Waals surface area (Å²) < 4.78 is 0. The van der Waals surface area contributed by atoms with Crippen molar-refractivity contribution >= 4 is 11.6 Å². The number of benzene rings is 1. The van der Waals surface area contributed by atoms with Gasteiger partial charge in [0.1, 0.15) is 0 Å². The molecule has 1 heterocycles. The molecule has 1 aliphatic heterocycles. The highest BCUT2D eigenvalue weighted by Crippen LogP contribution is 2.27. The van der Waals surface area contributed by atoms with Crippen molar-refractivity contribution in [1.29, 1.82) is 0 Å². The zero-order valence-corrected chi connectivity index (χ0v) is 12.3. The lowest BCUT2D eigenvalue weighted by atomic mass is 9.85. The Morgan fingerprint density at radius 3 is 2.65 bits per heavy atom. The van der Waals surface area contributed by atoms with Crippen LogP contribution in [0.15, 0.2) is 18.2 Å². The van der Waals surface area contributed by atoms with Crippen molar-refractivity contribution in [2.45, 2.75) is 39.0 Å². The van der Waals surface area contributed by atoms with Crippen molar-refractivity contribution in [1.82, 2.24) is 5.32 Å². The summed E-state index contributed by atoms with van der Waals surface area (Å²) >= 11 is 0. The minimum Gasteiger partial charge on any atom is -0.371 e. The molecule has 2 aliphatic rings. The van der Waals surface area contributed by atoms with Gasteiger partial charge in [-0.25, -0.2) is 0 Å². The number of hydrogen-bond donors (Lipinski definition) is 1. The fourth-order valence-electron chi connectivity index (χ4n) is 3.09. The second kappa shape index (κ2) is 5.86. The molecular formula is C17H24N2O. The van der Waals surface area contributed by atoms with Crippen LogP contribution in [-0.2, 0) is 0 Å².